The molecule has 2 aromatic rings. The zero-order valence-electron chi connectivity index (χ0n) is 14.5. The standard InChI is InChI=1S/C22H18BrNO3/c23-16-5-1-13(2-6-16)12-27-18-9-7-17(8-10-18)24-21(25)19-14-3-4-15(11-14)20(19)22(24)26/h1-10,14-15,19-20H,11-12H2/t14-,15+,19-,20+. The maximum Gasteiger partial charge on any atom is 0.238 e. The molecule has 4 nitrogen and oxygen atoms in total. The van der Waals surface area contributed by atoms with Crippen LogP contribution in [0.4, 0.5) is 5.69 Å². The van der Waals surface area contributed by atoms with Crippen LogP contribution < -0.4 is 9.64 Å². The molecule has 0 spiro atoms. The lowest BCUT2D eigenvalue weighted by atomic mass is 9.85. The highest BCUT2D eigenvalue weighted by molar-refractivity contribution is 9.10. The summed E-state index contributed by atoms with van der Waals surface area (Å²) in [5, 5.41) is 0. The van der Waals surface area contributed by atoms with Crippen molar-refractivity contribution in [3.63, 3.8) is 0 Å². The first-order valence-corrected chi connectivity index (χ1v) is 9.94. The number of hydrogen-bond acceptors (Lipinski definition) is 3. The number of halogens is 1. The summed E-state index contributed by atoms with van der Waals surface area (Å²) < 4.78 is 6.84. The van der Waals surface area contributed by atoms with E-state index < -0.39 is 0 Å². The second-order valence-corrected chi connectivity index (χ2v) is 8.34. The van der Waals surface area contributed by atoms with Gasteiger partial charge >= 0.3 is 0 Å². The number of hydrogen-bond donors (Lipinski definition) is 0. The van der Waals surface area contributed by atoms with Crippen LogP contribution in [-0.2, 0) is 16.2 Å². The van der Waals surface area contributed by atoms with E-state index in [-0.39, 0.29) is 35.5 Å². The number of amides is 2. The molecule has 2 bridgehead atoms. The molecule has 5 heteroatoms. The van der Waals surface area contributed by atoms with Crippen LogP contribution in [0.1, 0.15) is 12.0 Å². The normalized spacial score (nSPS) is 28.1. The minimum absolute atomic E-state index is 0.0506. The van der Waals surface area contributed by atoms with Gasteiger partial charge in [0, 0.05) is 4.47 Å². The SMILES string of the molecule is O=C1[C@@H]2[C@H](C(=O)N1c1ccc(OCc3ccc(Br)cc3)cc1)[C@@H]1C=C[C@H]2C1. The number of rotatable bonds is 4. The second-order valence-electron chi connectivity index (χ2n) is 7.42. The Bertz CT molecular complexity index is 905. The molecule has 2 aromatic carbocycles. The maximum absolute atomic E-state index is 12.8. The number of imide groups is 1. The minimum Gasteiger partial charge on any atom is -0.489 e. The van der Waals surface area contributed by atoms with Crippen molar-refractivity contribution >= 4 is 33.4 Å². The van der Waals surface area contributed by atoms with E-state index in [1.54, 1.807) is 12.1 Å². The molecule has 4 atom stereocenters. The van der Waals surface area contributed by atoms with Crippen molar-refractivity contribution in [2.45, 2.75) is 13.0 Å². The summed E-state index contributed by atoms with van der Waals surface area (Å²) in [4.78, 5) is 27.1. The predicted octanol–water partition coefficient (Wildman–Crippen LogP) is 4.34. The highest BCUT2D eigenvalue weighted by atomic mass is 79.9. The van der Waals surface area contributed by atoms with Gasteiger partial charge < -0.3 is 4.74 Å². The van der Waals surface area contributed by atoms with Gasteiger partial charge in [-0.1, -0.05) is 40.2 Å². The summed E-state index contributed by atoms with van der Waals surface area (Å²) in [6.07, 6.45) is 5.17. The van der Waals surface area contributed by atoms with Crippen LogP contribution in [-0.4, -0.2) is 11.8 Å². The molecule has 1 heterocycles. The molecule has 2 amide bonds. The van der Waals surface area contributed by atoms with E-state index in [4.69, 9.17) is 4.74 Å². The summed E-state index contributed by atoms with van der Waals surface area (Å²) in [7, 11) is 0. The second kappa shape index (κ2) is 6.34. The molecule has 0 N–H and O–H groups in total. The molecule has 0 unspecified atom stereocenters. The molecule has 2 fully saturated rings. The minimum atomic E-state index is -0.166. The summed E-state index contributed by atoms with van der Waals surface area (Å²) in [6, 6.07) is 15.2. The van der Waals surface area contributed by atoms with Crippen LogP contribution in [0.3, 0.4) is 0 Å². The third-order valence-corrected chi connectivity index (χ3v) is 6.41. The van der Waals surface area contributed by atoms with Gasteiger partial charge in [-0.05, 0) is 60.2 Å². The zero-order valence-corrected chi connectivity index (χ0v) is 16.1. The first-order valence-electron chi connectivity index (χ1n) is 9.15. The topological polar surface area (TPSA) is 46.6 Å². The molecule has 3 aliphatic rings. The average Bonchev–Trinajstić information content (AvgIpc) is 3.36. The Morgan fingerprint density at radius 3 is 2.07 bits per heavy atom. The van der Waals surface area contributed by atoms with Crippen molar-refractivity contribution in [3.05, 3.63) is 70.7 Å². The Kier molecular flexibility index (Phi) is 3.93. The first kappa shape index (κ1) is 16.8. The van der Waals surface area contributed by atoms with E-state index in [1.165, 1.54) is 4.90 Å². The van der Waals surface area contributed by atoms with Gasteiger partial charge in [-0.25, -0.2) is 0 Å². The molecule has 5 rings (SSSR count). The quantitative estimate of drug-likeness (QED) is 0.542. The van der Waals surface area contributed by atoms with Crippen molar-refractivity contribution in [1.82, 2.24) is 0 Å². The predicted molar refractivity (Wildman–Crippen MR) is 105 cm³/mol. The molecule has 2 aliphatic carbocycles. The lowest BCUT2D eigenvalue weighted by Gasteiger charge is -2.17. The lowest BCUT2D eigenvalue weighted by Crippen LogP contribution is -2.32. The molecule has 1 saturated carbocycles. The molecule has 0 aromatic heterocycles. The Labute approximate surface area is 165 Å². The van der Waals surface area contributed by atoms with Crippen LogP contribution in [0.15, 0.2) is 65.2 Å². The van der Waals surface area contributed by atoms with E-state index in [0.717, 1.165) is 16.5 Å². The molecule has 27 heavy (non-hydrogen) atoms. The van der Waals surface area contributed by atoms with Gasteiger partial charge in [0.05, 0.1) is 17.5 Å². The highest BCUT2D eigenvalue weighted by Gasteiger charge is 2.59. The third kappa shape index (κ3) is 2.72. The van der Waals surface area contributed by atoms with Crippen LogP contribution in [0.25, 0.3) is 0 Å². The van der Waals surface area contributed by atoms with Gasteiger partial charge in [-0.3, -0.25) is 14.5 Å². The van der Waals surface area contributed by atoms with Crippen LogP contribution in [0.5, 0.6) is 5.75 Å². The van der Waals surface area contributed by atoms with E-state index in [9.17, 15) is 9.59 Å². The lowest BCUT2D eigenvalue weighted by molar-refractivity contribution is -0.123. The fourth-order valence-electron chi connectivity index (χ4n) is 4.60. The summed E-state index contributed by atoms with van der Waals surface area (Å²) in [5.41, 5.74) is 1.71. The summed E-state index contributed by atoms with van der Waals surface area (Å²) >= 11 is 3.42. The molecule has 1 saturated heterocycles. The number of carbonyl (C=O) groups excluding carboxylic acids is 2. The number of nitrogens with zero attached hydrogens (tertiary/aromatic N) is 1. The monoisotopic (exact) mass is 423 g/mol. The Hall–Kier alpha value is -2.40. The van der Waals surface area contributed by atoms with Crippen molar-refractivity contribution in [3.8, 4) is 5.75 Å². The highest BCUT2D eigenvalue weighted by Crippen LogP contribution is 2.53. The Morgan fingerprint density at radius 1 is 0.889 bits per heavy atom. The zero-order chi connectivity index (χ0) is 18.5. The van der Waals surface area contributed by atoms with Gasteiger partial charge in [0.25, 0.3) is 0 Å². The molecule has 0 radical (unpaired) electrons. The fourth-order valence-corrected chi connectivity index (χ4v) is 4.86. The van der Waals surface area contributed by atoms with Gasteiger partial charge in [0.1, 0.15) is 12.4 Å². The first-order chi connectivity index (χ1) is 13.1. The Morgan fingerprint density at radius 2 is 1.48 bits per heavy atom. The summed E-state index contributed by atoms with van der Waals surface area (Å²) in [6.45, 7) is 0.466. The third-order valence-electron chi connectivity index (χ3n) is 5.88. The van der Waals surface area contributed by atoms with Gasteiger partial charge in [0.2, 0.25) is 11.8 Å². The van der Waals surface area contributed by atoms with E-state index in [0.29, 0.717) is 18.0 Å². The van der Waals surface area contributed by atoms with Crippen LogP contribution in [0.2, 0.25) is 0 Å². The number of carbonyl (C=O) groups is 2. The number of anilines is 1. The average molecular weight is 424 g/mol. The van der Waals surface area contributed by atoms with Crippen molar-refractivity contribution < 1.29 is 14.3 Å². The fraction of sp³-hybridized carbons (Fsp3) is 0.273. The number of benzene rings is 2. The summed E-state index contributed by atoms with van der Waals surface area (Å²) in [5.74, 6) is 0.741. The van der Waals surface area contributed by atoms with Gasteiger partial charge in [-0.15, -0.1) is 0 Å². The largest absolute Gasteiger partial charge is 0.489 e. The number of fused-ring (bicyclic) bond motifs is 5. The van der Waals surface area contributed by atoms with Gasteiger partial charge in [0.15, 0.2) is 0 Å². The molecular weight excluding hydrogens is 406 g/mol. The molecule has 136 valence electrons. The number of ether oxygens (including phenoxy) is 1. The van der Waals surface area contributed by atoms with Crippen LogP contribution >= 0.6 is 15.9 Å². The van der Waals surface area contributed by atoms with Crippen molar-refractivity contribution in [2.75, 3.05) is 4.90 Å². The number of allylic oxidation sites excluding steroid dienone is 2. The van der Waals surface area contributed by atoms with Crippen molar-refractivity contribution in [1.29, 1.82) is 0 Å². The van der Waals surface area contributed by atoms with Crippen molar-refractivity contribution in [2.24, 2.45) is 23.7 Å². The van der Waals surface area contributed by atoms with Gasteiger partial charge in [-0.2, -0.15) is 0 Å². The van der Waals surface area contributed by atoms with E-state index >= 15 is 0 Å². The maximum atomic E-state index is 12.8. The smallest absolute Gasteiger partial charge is 0.238 e. The van der Waals surface area contributed by atoms with E-state index in [2.05, 4.69) is 28.1 Å². The molecular formula is C22H18BrNO3. The van der Waals surface area contributed by atoms with E-state index in [1.807, 2.05) is 36.4 Å². The van der Waals surface area contributed by atoms with Crippen LogP contribution in [0, 0.1) is 23.7 Å². The Balaban J connectivity index is 1.30. The molecule has 1 aliphatic heterocycles.